The molecule has 0 saturated heterocycles. The second kappa shape index (κ2) is 8.98. The molecule has 0 spiro atoms. The Labute approximate surface area is 180 Å². The number of methoxy groups -OCH3 is 1. The summed E-state index contributed by atoms with van der Waals surface area (Å²) in [6.45, 7) is 4.32. The van der Waals surface area contributed by atoms with Crippen LogP contribution in [0.1, 0.15) is 35.3 Å². The van der Waals surface area contributed by atoms with Gasteiger partial charge in [0, 0.05) is 25.2 Å². The van der Waals surface area contributed by atoms with Crippen molar-refractivity contribution in [3.8, 4) is 5.75 Å². The first kappa shape index (κ1) is 20.6. The number of ether oxygens (including phenoxy) is 1. The fourth-order valence-corrected chi connectivity index (χ4v) is 4.14. The van der Waals surface area contributed by atoms with Crippen molar-refractivity contribution in [1.29, 1.82) is 0 Å². The van der Waals surface area contributed by atoms with Crippen molar-refractivity contribution in [3.63, 3.8) is 0 Å². The summed E-state index contributed by atoms with van der Waals surface area (Å²) in [5, 5.41) is 3.52. The number of halogens is 2. The number of fused-ring (bicyclic) bond motifs is 1. The zero-order chi connectivity index (χ0) is 21.1. The van der Waals surface area contributed by atoms with Crippen LogP contribution in [0.2, 0.25) is 5.28 Å². The van der Waals surface area contributed by atoms with E-state index in [2.05, 4.69) is 32.3 Å². The second-order valence-electron chi connectivity index (χ2n) is 7.26. The molecule has 0 amide bonds. The quantitative estimate of drug-likeness (QED) is 0.570. The summed E-state index contributed by atoms with van der Waals surface area (Å²) < 4.78 is 18.9. The highest BCUT2D eigenvalue weighted by Crippen LogP contribution is 2.38. The Balaban J connectivity index is 1.76. The number of nitrogens with zero attached hydrogens (tertiary/aromatic N) is 3. The van der Waals surface area contributed by atoms with Gasteiger partial charge < -0.3 is 10.1 Å². The van der Waals surface area contributed by atoms with Gasteiger partial charge in [0.25, 0.3) is 0 Å². The van der Waals surface area contributed by atoms with Gasteiger partial charge in [-0.25, -0.2) is 14.4 Å². The van der Waals surface area contributed by atoms with Crippen molar-refractivity contribution in [2.75, 3.05) is 25.5 Å². The summed E-state index contributed by atoms with van der Waals surface area (Å²) in [5.41, 5.74) is 4.08. The minimum Gasteiger partial charge on any atom is -0.497 e. The molecular formula is C23H24ClFN4O. The first-order valence-electron chi connectivity index (χ1n) is 10.0. The van der Waals surface area contributed by atoms with E-state index in [4.69, 9.17) is 16.3 Å². The van der Waals surface area contributed by atoms with Crippen LogP contribution in [0.25, 0.3) is 0 Å². The summed E-state index contributed by atoms with van der Waals surface area (Å²) >= 11 is 6.28. The lowest BCUT2D eigenvalue weighted by Crippen LogP contribution is -2.37. The molecule has 0 radical (unpaired) electrons. The number of anilines is 1. The van der Waals surface area contributed by atoms with Crippen LogP contribution >= 0.6 is 11.6 Å². The monoisotopic (exact) mass is 426 g/mol. The summed E-state index contributed by atoms with van der Waals surface area (Å²) in [6, 6.07) is 14.5. The van der Waals surface area contributed by atoms with E-state index in [-0.39, 0.29) is 17.1 Å². The maximum absolute atomic E-state index is 13.6. The maximum atomic E-state index is 13.6. The van der Waals surface area contributed by atoms with Gasteiger partial charge in [-0.1, -0.05) is 24.3 Å². The van der Waals surface area contributed by atoms with Crippen molar-refractivity contribution in [2.45, 2.75) is 25.9 Å². The molecule has 30 heavy (non-hydrogen) atoms. The van der Waals surface area contributed by atoms with Crippen LogP contribution in [0, 0.1) is 5.82 Å². The SMILES string of the molecule is CCNc1nc(Cl)nc2c1CCN(Cc1ccc(OC)cc1)C2c1ccc(F)cc1. The number of benzene rings is 2. The van der Waals surface area contributed by atoms with E-state index < -0.39 is 0 Å². The third-order valence-electron chi connectivity index (χ3n) is 5.36. The zero-order valence-corrected chi connectivity index (χ0v) is 17.8. The van der Waals surface area contributed by atoms with Crippen molar-refractivity contribution in [1.82, 2.24) is 14.9 Å². The fourth-order valence-electron chi connectivity index (χ4n) is 3.97. The van der Waals surface area contributed by atoms with Crippen molar-refractivity contribution < 1.29 is 9.13 Å². The number of hydrogen-bond donors (Lipinski definition) is 1. The van der Waals surface area contributed by atoms with Crippen LogP contribution in [-0.4, -0.2) is 35.1 Å². The minimum atomic E-state index is -0.259. The van der Waals surface area contributed by atoms with Crippen LogP contribution in [0.3, 0.4) is 0 Å². The molecule has 1 unspecified atom stereocenters. The number of rotatable bonds is 6. The largest absolute Gasteiger partial charge is 0.497 e. The number of aromatic nitrogens is 2. The molecule has 0 saturated carbocycles. The average Bonchev–Trinajstić information content (AvgIpc) is 2.75. The Kier molecular flexibility index (Phi) is 6.16. The van der Waals surface area contributed by atoms with E-state index in [0.717, 1.165) is 54.4 Å². The predicted molar refractivity (Wildman–Crippen MR) is 117 cm³/mol. The van der Waals surface area contributed by atoms with Crippen LogP contribution in [-0.2, 0) is 13.0 Å². The molecule has 2 aromatic carbocycles. The minimum absolute atomic E-state index is 0.144. The Bertz CT molecular complexity index is 1010. The van der Waals surface area contributed by atoms with Gasteiger partial charge >= 0.3 is 0 Å². The van der Waals surface area contributed by atoms with Gasteiger partial charge in [-0.2, -0.15) is 0 Å². The predicted octanol–water partition coefficient (Wildman–Crippen LogP) is 4.86. The Hall–Kier alpha value is -2.70. The van der Waals surface area contributed by atoms with E-state index in [1.54, 1.807) is 7.11 Å². The molecular weight excluding hydrogens is 403 g/mol. The molecule has 1 aliphatic heterocycles. The molecule has 1 aliphatic rings. The lowest BCUT2D eigenvalue weighted by atomic mass is 9.92. The van der Waals surface area contributed by atoms with E-state index in [1.165, 1.54) is 17.7 Å². The molecule has 0 aliphatic carbocycles. The highest BCUT2D eigenvalue weighted by Gasteiger charge is 2.32. The van der Waals surface area contributed by atoms with Gasteiger partial charge in [0.15, 0.2) is 0 Å². The van der Waals surface area contributed by atoms with Gasteiger partial charge in [-0.05, 0) is 60.3 Å². The van der Waals surface area contributed by atoms with E-state index in [0.29, 0.717) is 0 Å². The Morgan fingerprint density at radius 3 is 2.53 bits per heavy atom. The standard InChI is InChI=1S/C23H24ClFN4O/c1-3-26-22-19-12-13-29(14-15-4-10-18(30-2)11-5-15)21(20(19)27-23(24)28-22)16-6-8-17(25)9-7-16/h4-11,21H,3,12-14H2,1-2H3,(H,26,27,28). The molecule has 1 aromatic heterocycles. The van der Waals surface area contributed by atoms with Crippen LogP contribution in [0.4, 0.5) is 10.2 Å². The van der Waals surface area contributed by atoms with Gasteiger partial charge in [0.2, 0.25) is 5.28 Å². The summed E-state index contributed by atoms with van der Waals surface area (Å²) in [4.78, 5) is 11.4. The first-order chi connectivity index (χ1) is 14.6. The average molecular weight is 427 g/mol. The molecule has 1 atom stereocenters. The number of nitrogens with one attached hydrogen (secondary N) is 1. The Morgan fingerprint density at radius 2 is 1.87 bits per heavy atom. The van der Waals surface area contributed by atoms with E-state index in [1.807, 2.05) is 31.2 Å². The van der Waals surface area contributed by atoms with Crippen molar-refractivity contribution in [2.24, 2.45) is 0 Å². The molecule has 3 aromatic rings. The third-order valence-corrected chi connectivity index (χ3v) is 5.53. The number of hydrogen-bond acceptors (Lipinski definition) is 5. The summed E-state index contributed by atoms with van der Waals surface area (Å²) in [5.74, 6) is 1.35. The van der Waals surface area contributed by atoms with Gasteiger partial charge in [-0.15, -0.1) is 0 Å². The van der Waals surface area contributed by atoms with E-state index in [9.17, 15) is 4.39 Å². The van der Waals surface area contributed by atoms with Crippen LogP contribution < -0.4 is 10.1 Å². The van der Waals surface area contributed by atoms with Gasteiger partial charge in [0.05, 0.1) is 18.8 Å². The Morgan fingerprint density at radius 1 is 1.13 bits per heavy atom. The first-order valence-corrected chi connectivity index (χ1v) is 10.4. The topological polar surface area (TPSA) is 50.3 Å². The van der Waals surface area contributed by atoms with Gasteiger partial charge in [-0.3, -0.25) is 4.90 Å². The van der Waals surface area contributed by atoms with Crippen LogP contribution in [0.5, 0.6) is 5.75 Å². The lowest BCUT2D eigenvalue weighted by molar-refractivity contribution is 0.200. The molecule has 1 N–H and O–H groups in total. The molecule has 0 bridgehead atoms. The third kappa shape index (κ3) is 4.25. The highest BCUT2D eigenvalue weighted by atomic mass is 35.5. The maximum Gasteiger partial charge on any atom is 0.224 e. The summed E-state index contributed by atoms with van der Waals surface area (Å²) in [7, 11) is 1.66. The molecule has 156 valence electrons. The zero-order valence-electron chi connectivity index (χ0n) is 17.0. The smallest absolute Gasteiger partial charge is 0.224 e. The molecule has 0 fully saturated rings. The lowest BCUT2D eigenvalue weighted by Gasteiger charge is -2.37. The van der Waals surface area contributed by atoms with Crippen molar-refractivity contribution >= 4 is 17.4 Å². The second-order valence-corrected chi connectivity index (χ2v) is 7.60. The van der Waals surface area contributed by atoms with Crippen LogP contribution in [0.15, 0.2) is 48.5 Å². The molecule has 2 heterocycles. The summed E-state index contributed by atoms with van der Waals surface area (Å²) in [6.07, 6.45) is 0.808. The molecule has 7 heteroatoms. The van der Waals surface area contributed by atoms with E-state index >= 15 is 0 Å². The fraction of sp³-hybridized carbons (Fsp3) is 0.304. The highest BCUT2D eigenvalue weighted by molar-refractivity contribution is 6.28. The molecule has 5 nitrogen and oxygen atoms in total. The normalized spacial score (nSPS) is 16.2. The van der Waals surface area contributed by atoms with Crippen molar-refractivity contribution in [3.05, 3.63) is 82.0 Å². The van der Waals surface area contributed by atoms with Gasteiger partial charge in [0.1, 0.15) is 17.4 Å². The molecule has 4 rings (SSSR count).